The van der Waals surface area contributed by atoms with Crippen molar-refractivity contribution >= 4 is 10.9 Å². The number of aromatic amines is 2. The van der Waals surface area contributed by atoms with Crippen LogP contribution in [0.4, 0.5) is 0 Å². The van der Waals surface area contributed by atoms with E-state index in [9.17, 15) is 9.59 Å². The van der Waals surface area contributed by atoms with Crippen molar-refractivity contribution in [2.75, 3.05) is 13.1 Å². The molecule has 3 fully saturated rings. The number of nitrogens with one attached hydrogen (secondary N) is 2. The van der Waals surface area contributed by atoms with E-state index in [4.69, 9.17) is 5.73 Å². The molecule has 6 rings (SSSR count). The normalized spacial score (nSPS) is 30.9. The topological polar surface area (TPSA) is 113 Å². The number of H-pyrrole nitrogens is 2. The number of nitrogens with two attached hydrogens (primary N) is 1. The summed E-state index contributed by atoms with van der Waals surface area (Å²) in [6.07, 6.45) is 7.05. The minimum Gasteiger partial charge on any atom is -0.328 e. The van der Waals surface area contributed by atoms with Gasteiger partial charge in [-0.2, -0.15) is 4.68 Å². The first kappa shape index (κ1) is 19.0. The van der Waals surface area contributed by atoms with Gasteiger partial charge in [0, 0.05) is 36.0 Å². The average Bonchev–Trinajstić information content (AvgIpc) is 3.10. The summed E-state index contributed by atoms with van der Waals surface area (Å²) in [6.45, 7) is 2.06. The van der Waals surface area contributed by atoms with E-state index in [2.05, 4.69) is 20.0 Å². The lowest BCUT2D eigenvalue weighted by molar-refractivity contribution is -0.0721. The number of likely N-dealkylation sites (tertiary alicyclic amines) is 1. The van der Waals surface area contributed by atoms with Crippen molar-refractivity contribution in [2.45, 2.75) is 56.5 Å². The highest BCUT2D eigenvalue weighted by Crippen LogP contribution is 2.57. The van der Waals surface area contributed by atoms with E-state index >= 15 is 0 Å². The van der Waals surface area contributed by atoms with Crippen LogP contribution in [0, 0.1) is 5.41 Å². The Bertz CT molecular complexity index is 1240. The Hall–Kier alpha value is -2.71. The lowest BCUT2D eigenvalue weighted by atomic mass is 9.52. The molecule has 1 spiro atoms. The van der Waals surface area contributed by atoms with E-state index < -0.39 is 0 Å². The molecule has 1 unspecified atom stereocenters. The number of hydrogen-bond acceptors (Lipinski definition) is 5. The number of nitrogens with zero attached hydrogens (tertiary/aromatic N) is 3. The number of piperidine rings is 1. The van der Waals surface area contributed by atoms with Crippen LogP contribution in [-0.4, -0.2) is 49.8 Å². The van der Waals surface area contributed by atoms with Crippen molar-refractivity contribution in [3.8, 4) is 5.69 Å². The van der Waals surface area contributed by atoms with E-state index in [-0.39, 0.29) is 17.2 Å². The number of aromatic nitrogens is 4. The Labute approximate surface area is 179 Å². The Morgan fingerprint density at radius 1 is 1.06 bits per heavy atom. The number of rotatable bonds is 3. The maximum Gasteiger partial charge on any atom is 0.348 e. The van der Waals surface area contributed by atoms with Gasteiger partial charge in [-0.3, -0.25) is 14.7 Å². The molecule has 1 atom stereocenters. The first-order valence-electron chi connectivity index (χ1n) is 11.3. The van der Waals surface area contributed by atoms with Gasteiger partial charge < -0.3 is 10.7 Å². The number of fused-ring (bicyclic) bond motifs is 1. The fourth-order valence-corrected chi connectivity index (χ4v) is 6.17. The van der Waals surface area contributed by atoms with E-state index in [0.717, 1.165) is 37.1 Å². The second-order valence-electron chi connectivity index (χ2n) is 9.86. The van der Waals surface area contributed by atoms with Crippen molar-refractivity contribution in [3.63, 3.8) is 0 Å². The Kier molecular flexibility index (Phi) is 4.23. The van der Waals surface area contributed by atoms with Crippen LogP contribution in [0.1, 0.15) is 50.3 Å². The molecule has 2 aliphatic carbocycles. The molecule has 162 valence electrons. The van der Waals surface area contributed by atoms with Crippen LogP contribution in [0.2, 0.25) is 0 Å². The van der Waals surface area contributed by atoms with Gasteiger partial charge >= 0.3 is 5.69 Å². The Morgan fingerprint density at radius 2 is 1.90 bits per heavy atom. The number of benzene rings is 1. The van der Waals surface area contributed by atoms with Crippen LogP contribution in [0.5, 0.6) is 0 Å². The van der Waals surface area contributed by atoms with Crippen LogP contribution >= 0.6 is 0 Å². The van der Waals surface area contributed by atoms with Gasteiger partial charge in [0.15, 0.2) is 0 Å². The van der Waals surface area contributed by atoms with Crippen molar-refractivity contribution in [3.05, 3.63) is 57.0 Å². The van der Waals surface area contributed by atoms with Crippen LogP contribution in [0.25, 0.3) is 16.6 Å². The molecule has 3 aromatic rings. The third-order valence-corrected chi connectivity index (χ3v) is 7.68. The summed E-state index contributed by atoms with van der Waals surface area (Å²) < 4.78 is 1.39. The zero-order valence-corrected chi connectivity index (χ0v) is 17.5. The van der Waals surface area contributed by atoms with Crippen molar-refractivity contribution < 1.29 is 0 Å². The summed E-state index contributed by atoms with van der Waals surface area (Å²) in [5, 5.41) is 5.54. The first-order chi connectivity index (χ1) is 15.0. The van der Waals surface area contributed by atoms with E-state index in [0.29, 0.717) is 28.7 Å². The van der Waals surface area contributed by atoms with Gasteiger partial charge in [0.1, 0.15) is 5.82 Å². The third-order valence-electron chi connectivity index (χ3n) is 7.68. The predicted octanol–water partition coefficient (Wildman–Crippen LogP) is 1.85. The molecule has 2 aromatic heterocycles. The first-order valence-corrected chi connectivity index (χ1v) is 11.3. The highest BCUT2D eigenvalue weighted by atomic mass is 16.2. The quantitative estimate of drug-likeness (QED) is 0.599. The fourth-order valence-electron chi connectivity index (χ4n) is 6.17. The molecule has 0 amide bonds. The van der Waals surface area contributed by atoms with Gasteiger partial charge in [0.05, 0.1) is 11.2 Å². The summed E-state index contributed by atoms with van der Waals surface area (Å²) in [5.74, 6) is 0.960. The number of para-hydroxylation sites is 1. The highest BCUT2D eigenvalue weighted by Gasteiger charge is 2.53. The largest absolute Gasteiger partial charge is 0.348 e. The summed E-state index contributed by atoms with van der Waals surface area (Å²) in [7, 11) is 0. The molecule has 1 aliphatic heterocycles. The molecule has 1 aromatic carbocycles. The predicted molar refractivity (Wildman–Crippen MR) is 119 cm³/mol. The van der Waals surface area contributed by atoms with Crippen LogP contribution in [-0.2, 0) is 0 Å². The molecule has 1 saturated heterocycles. The second kappa shape index (κ2) is 6.90. The van der Waals surface area contributed by atoms with Crippen LogP contribution in [0.15, 0.2) is 39.9 Å². The minimum absolute atomic E-state index is 0.197. The summed E-state index contributed by atoms with van der Waals surface area (Å²) in [6, 6.07) is 9.90. The van der Waals surface area contributed by atoms with Crippen molar-refractivity contribution in [2.24, 2.45) is 11.1 Å². The molecule has 4 N–H and O–H groups in total. The minimum atomic E-state index is -0.268. The smallest absolute Gasteiger partial charge is 0.328 e. The molecule has 2 saturated carbocycles. The average molecular weight is 421 g/mol. The van der Waals surface area contributed by atoms with E-state index in [1.807, 2.05) is 18.2 Å². The molecule has 3 heterocycles. The van der Waals surface area contributed by atoms with Gasteiger partial charge in [-0.1, -0.05) is 12.1 Å². The number of hydrogen-bond donors (Lipinski definition) is 3. The highest BCUT2D eigenvalue weighted by molar-refractivity contribution is 5.85. The number of pyridine rings is 1. The molecular weight excluding hydrogens is 392 g/mol. The monoisotopic (exact) mass is 420 g/mol. The van der Waals surface area contributed by atoms with Gasteiger partial charge in [-0.05, 0) is 62.6 Å². The van der Waals surface area contributed by atoms with Crippen molar-refractivity contribution in [1.82, 2.24) is 24.6 Å². The van der Waals surface area contributed by atoms with Gasteiger partial charge in [0.25, 0.3) is 0 Å². The van der Waals surface area contributed by atoms with Crippen LogP contribution in [0.3, 0.4) is 0 Å². The summed E-state index contributed by atoms with van der Waals surface area (Å²) in [5.41, 5.74) is 7.30. The Morgan fingerprint density at radius 3 is 2.71 bits per heavy atom. The van der Waals surface area contributed by atoms with E-state index in [1.165, 1.54) is 36.4 Å². The molecular formula is C23H28N6O2. The Balaban J connectivity index is 1.24. The SMILES string of the molecule is NC1CC2(C1)CC(N1CCCC(c3nn(-c4cccc5ccc(=O)[nH]c45)c(=O)[nH]3)C1)C2. The summed E-state index contributed by atoms with van der Waals surface area (Å²) >= 11 is 0. The maximum atomic E-state index is 12.8. The van der Waals surface area contributed by atoms with Crippen LogP contribution < -0.4 is 17.0 Å². The lowest BCUT2D eigenvalue weighted by Crippen LogP contribution is -2.60. The van der Waals surface area contributed by atoms with Gasteiger partial charge in [0.2, 0.25) is 5.56 Å². The third kappa shape index (κ3) is 3.16. The zero-order valence-electron chi connectivity index (χ0n) is 17.5. The summed E-state index contributed by atoms with van der Waals surface area (Å²) in [4.78, 5) is 33.1. The molecule has 0 bridgehead atoms. The molecule has 0 radical (unpaired) electrons. The second-order valence-corrected chi connectivity index (χ2v) is 9.86. The van der Waals surface area contributed by atoms with Gasteiger partial charge in [-0.25, -0.2) is 4.79 Å². The molecule has 8 heteroatoms. The van der Waals surface area contributed by atoms with Crippen molar-refractivity contribution in [1.29, 1.82) is 0 Å². The maximum absolute atomic E-state index is 12.8. The van der Waals surface area contributed by atoms with Gasteiger partial charge in [-0.15, -0.1) is 5.10 Å². The standard InChI is InChI=1S/C23H28N6O2/c24-16-9-23(10-16)11-17(12-23)28-8-2-4-15(13-28)21-26-22(31)29(27-21)18-5-1-3-14-6-7-19(30)25-20(14)18/h1,3,5-7,15-17H,2,4,8-13,24H2,(H,25,30)(H,26,27,31). The van der Waals surface area contributed by atoms with E-state index in [1.54, 1.807) is 6.07 Å². The molecule has 8 nitrogen and oxygen atoms in total. The molecule has 31 heavy (non-hydrogen) atoms. The molecule has 3 aliphatic rings. The zero-order chi connectivity index (χ0) is 21.2. The fraction of sp³-hybridized carbons (Fsp3) is 0.522. The lowest BCUT2D eigenvalue weighted by Gasteiger charge is -2.60.